The molecule has 0 spiro atoms. The lowest BCUT2D eigenvalue weighted by Crippen LogP contribution is -2.19. The van der Waals surface area contributed by atoms with Gasteiger partial charge in [0.15, 0.2) is 0 Å². The highest BCUT2D eigenvalue weighted by Crippen LogP contribution is 2.35. The van der Waals surface area contributed by atoms with Gasteiger partial charge in [-0.3, -0.25) is 4.52 Å². The zero-order valence-corrected chi connectivity index (χ0v) is 9.01. The molecule has 0 fully saturated rings. The van der Waals surface area contributed by atoms with Crippen molar-refractivity contribution in [2.75, 3.05) is 6.61 Å². The Labute approximate surface area is 86.6 Å². The maximum atomic E-state index is 10.8. The Bertz CT molecular complexity index is 281. The molecule has 0 aliphatic carbocycles. The Balaban J connectivity index is 3.76. The second-order valence-electron chi connectivity index (χ2n) is 2.75. The third kappa shape index (κ3) is 8.29. The van der Waals surface area contributed by atoms with E-state index in [1.165, 1.54) is 6.92 Å². The van der Waals surface area contributed by atoms with Crippen LogP contribution in [-0.4, -0.2) is 33.8 Å². The summed E-state index contributed by atoms with van der Waals surface area (Å²) < 4.78 is 18.7. The van der Waals surface area contributed by atoms with Crippen molar-refractivity contribution < 1.29 is 33.5 Å². The molecule has 15 heavy (non-hydrogen) atoms. The van der Waals surface area contributed by atoms with Crippen molar-refractivity contribution in [1.82, 2.24) is 0 Å². The number of hydrogen-bond donors (Lipinski definition) is 3. The van der Waals surface area contributed by atoms with Crippen molar-refractivity contribution in [3.05, 3.63) is 12.2 Å². The van der Waals surface area contributed by atoms with Gasteiger partial charge in [-0.15, -0.1) is 0 Å². The van der Waals surface area contributed by atoms with Crippen molar-refractivity contribution in [3.8, 4) is 0 Å². The van der Waals surface area contributed by atoms with Gasteiger partial charge in [0.25, 0.3) is 0 Å². The van der Waals surface area contributed by atoms with E-state index < -0.39 is 26.7 Å². The van der Waals surface area contributed by atoms with Crippen LogP contribution in [0.25, 0.3) is 0 Å². The van der Waals surface area contributed by atoms with Crippen LogP contribution < -0.4 is 0 Å². The van der Waals surface area contributed by atoms with E-state index >= 15 is 0 Å². The van der Waals surface area contributed by atoms with Crippen LogP contribution in [-0.2, 0) is 18.6 Å². The molecule has 0 aromatic carbocycles. The topological polar surface area (TPSA) is 113 Å². The van der Waals surface area contributed by atoms with Gasteiger partial charge in [0.2, 0.25) is 6.29 Å². The van der Waals surface area contributed by atoms with Gasteiger partial charge in [-0.2, -0.15) is 0 Å². The molecule has 0 rings (SSSR count). The minimum atomic E-state index is -4.54. The number of ether oxygens (including phenoxy) is 1. The van der Waals surface area contributed by atoms with E-state index in [9.17, 15) is 9.36 Å². The van der Waals surface area contributed by atoms with Crippen LogP contribution in [0.15, 0.2) is 12.2 Å². The first-order valence-electron chi connectivity index (χ1n) is 3.97. The lowest BCUT2D eigenvalue weighted by molar-refractivity contribution is -0.164. The number of esters is 1. The zero-order valence-electron chi connectivity index (χ0n) is 8.12. The van der Waals surface area contributed by atoms with Crippen molar-refractivity contribution in [2.24, 2.45) is 0 Å². The fourth-order valence-electron chi connectivity index (χ4n) is 0.556. The highest BCUT2D eigenvalue weighted by molar-refractivity contribution is 7.46. The number of rotatable bonds is 6. The number of phosphoric ester groups is 1. The third-order valence-electron chi connectivity index (χ3n) is 1.22. The van der Waals surface area contributed by atoms with Gasteiger partial charge < -0.3 is 19.6 Å². The van der Waals surface area contributed by atoms with Gasteiger partial charge in [0.1, 0.15) is 0 Å². The van der Waals surface area contributed by atoms with Gasteiger partial charge in [-0.25, -0.2) is 9.36 Å². The number of carbonyl (C=O) groups excluding carboxylic acids is 1. The summed E-state index contributed by atoms with van der Waals surface area (Å²) in [6.07, 6.45) is -1.70. The molecular weight excluding hydrogens is 227 g/mol. The minimum Gasteiger partial charge on any atom is -0.433 e. The predicted octanol–water partition coefficient (Wildman–Crippen LogP) is -0.0765. The molecule has 0 saturated carbocycles. The summed E-state index contributed by atoms with van der Waals surface area (Å²) in [6, 6.07) is 0. The van der Waals surface area contributed by atoms with E-state index in [2.05, 4.69) is 15.8 Å². The Morgan fingerprint density at radius 3 is 2.47 bits per heavy atom. The minimum absolute atomic E-state index is 0.116. The zero-order chi connectivity index (χ0) is 12.1. The maximum absolute atomic E-state index is 10.8. The Morgan fingerprint density at radius 2 is 2.07 bits per heavy atom. The lowest BCUT2D eigenvalue weighted by Gasteiger charge is -2.12. The van der Waals surface area contributed by atoms with Crippen LogP contribution in [0.2, 0.25) is 0 Å². The largest absolute Gasteiger partial charge is 0.469 e. The maximum Gasteiger partial charge on any atom is 0.469 e. The third-order valence-corrected chi connectivity index (χ3v) is 1.73. The van der Waals surface area contributed by atoms with E-state index in [-0.39, 0.29) is 12.0 Å². The predicted molar refractivity (Wildman–Crippen MR) is 49.5 cm³/mol. The monoisotopic (exact) mass is 240 g/mol. The van der Waals surface area contributed by atoms with Gasteiger partial charge >= 0.3 is 13.8 Å². The van der Waals surface area contributed by atoms with E-state index in [1.807, 2.05) is 0 Å². The number of hydrogen-bond acceptors (Lipinski definition) is 5. The molecule has 7 nitrogen and oxygen atoms in total. The molecule has 0 aromatic rings. The van der Waals surface area contributed by atoms with Gasteiger partial charge in [0.05, 0.1) is 6.61 Å². The first kappa shape index (κ1) is 14.3. The highest BCUT2D eigenvalue weighted by atomic mass is 31.2. The standard InChI is InChI=1S/C7H13O7P/c1-5(2)7(9)14-6(8)3-4-13-15(10,11)12/h6,8H,1,3-4H2,2H3,(H2,10,11,12). The average Bonchev–Trinajstić information content (AvgIpc) is 2.01. The molecule has 0 saturated heterocycles. The number of carbonyl (C=O) groups is 1. The fourth-order valence-corrected chi connectivity index (χ4v) is 0.899. The van der Waals surface area contributed by atoms with Gasteiger partial charge in [-0.05, 0) is 6.92 Å². The lowest BCUT2D eigenvalue weighted by atomic mass is 10.3. The average molecular weight is 240 g/mol. The highest BCUT2D eigenvalue weighted by Gasteiger charge is 2.16. The molecule has 0 aliphatic rings. The Hall–Kier alpha value is -0.720. The van der Waals surface area contributed by atoms with E-state index in [0.717, 1.165) is 0 Å². The molecule has 0 aliphatic heterocycles. The van der Waals surface area contributed by atoms with Crippen molar-refractivity contribution in [3.63, 3.8) is 0 Å². The van der Waals surface area contributed by atoms with Crippen molar-refractivity contribution >= 4 is 13.8 Å². The van der Waals surface area contributed by atoms with Crippen LogP contribution in [0.1, 0.15) is 13.3 Å². The van der Waals surface area contributed by atoms with Crippen molar-refractivity contribution in [2.45, 2.75) is 19.6 Å². The number of aliphatic hydroxyl groups excluding tert-OH is 1. The second-order valence-corrected chi connectivity index (χ2v) is 3.99. The summed E-state index contributed by atoms with van der Waals surface area (Å²) in [6.45, 7) is 4.27. The van der Waals surface area contributed by atoms with Crippen LogP contribution in [0.5, 0.6) is 0 Å². The van der Waals surface area contributed by atoms with E-state index in [0.29, 0.717) is 0 Å². The normalized spacial score (nSPS) is 13.3. The quantitative estimate of drug-likeness (QED) is 0.257. The Morgan fingerprint density at radius 1 is 1.53 bits per heavy atom. The summed E-state index contributed by atoms with van der Waals surface area (Å²) in [4.78, 5) is 27.4. The molecule has 3 N–H and O–H groups in total. The summed E-state index contributed by atoms with van der Waals surface area (Å²) in [7, 11) is -4.54. The van der Waals surface area contributed by atoms with Crippen LogP contribution in [0.3, 0.4) is 0 Å². The van der Waals surface area contributed by atoms with Gasteiger partial charge in [0, 0.05) is 12.0 Å². The van der Waals surface area contributed by atoms with E-state index in [1.54, 1.807) is 0 Å². The van der Waals surface area contributed by atoms with Gasteiger partial charge in [-0.1, -0.05) is 6.58 Å². The first-order valence-corrected chi connectivity index (χ1v) is 5.50. The molecule has 1 unspecified atom stereocenters. The SMILES string of the molecule is C=C(C)C(=O)OC(O)CCOP(=O)(O)O. The summed E-state index contributed by atoms with van der Waals surface area (Å²) in [5.41, 5.74) is 0.116. The molecule has 0 amide bonds. The van der Waals surface area contributed by atoms with Crippen LogP contribution in [0, 0.1) is 0 Å². The summed E-state index contributed by atoms with van der Waals surface area (Å²) in [5, 5.41) is 9.05. The van der Waals surface area contributed by atoms with Crippen molar-refractivity contribution in [1.29, 1.82) is 0 Å². The van der Waals surface area contributed by atoms with Crippen LogP contribution >= 0.6 is 7.82 Å². The Kier molecular flexibility index (Phi) is 5.71. The summed E-state index contributed by atoms with van der Waals surface area (Å²) >= 11 is 0. The number of phosphoric acid groups is 1. The first-order chi connectivity index (χ1) is 6.72. The molecule has 0 bridgehead atoms. The molecule has 88 valence electrons. The molecule has 1 atom stereocenters. The van der Waals surface area contributed by atoms with E-state index in [4.69, 9.17) is 14.9 Å². The molecule has 0 heterocycles. The molecule has 0 aromatic heterocycles. The number of aliphatic hydroxyl groups is 1. The fraction of sp³-hybridized carbons (Fsp3) is 0.571. The second kappa shape index (κ2) is 5.99. The molecule has 8 heteroatoms. The van der Waals surface area contributed by atoms with Crippen LogP contribution in [0.4, 0.5) is 0 Å². The molecular formula is C7H13O7P. The molecule has 0 radical (unpaired) electrons. The summed E-state index contributed by atoms with van der Waals surface area (Å²) in [5.74, 6) is -0.779. The smallest absolute Gasteiger partial charge is 0.433 e.